The van der Waals surface area contributed by atoms with E-state index in [2.05, 4.69) is 12.2 Å². The number of carbonyl (C=O) groups excluding carboxylic acids is 3. The molecule has 0 saturated carbocycles. The van der Waals surface area contributed by atoms with Crippen LogP contribution in [0.4, 0.5) is 15.8 Å². The van der Waals surface area contributed by atoms with Gasteiger partial charge in [-0.2, -0.15) is 0 Å². The van der Waals surface area contributed by atoms with Gasteiger partial charge in [-0.3, -0.25) is 14.4 Å². The van der Waals surface area contributed by atoms with E-state index in [4.69, 9.17) is 0 Å². The number of halogens is 1. The Balaban J connectivity index is 1.45. The van der Waals surface area contributed by atoms with Crippen LogP contribution in [0.5, 0.6) is 0 Å². The second-order valence-electron chi connectivity index (χ2n) is 11.9. The van der Waals surface area contributed by atoms with Gasteiger partial charge in [0.05, 0.1) is 17.5 Å². The lowest BCUT2D eigenvalue weighted by Crippen LogP contribution is -2.51. The number of fused-ring (bicyclic) bond motifs is 6. The summed E-state index contributed by atoms with van der Waals surface area (Å²) in [6, 6.07) is 26.6. The third-order valence-electron chi connectivity index (χ3n) is 9.54. The van der Waals surface area contributed by atoms with Crippen molar-refractivity contribution in [3.63, 3.8) is 0 Å². The van der Waals surface area contributed by atoms with E-state index in [1.54, 1.807) is 6.07 Å². The molecule has 1 fully saturated rings. The van der Waals surface area contributed by atoms with E-state index in [1.807, 2.05) is 89.8 Å². The van der Waals surface area contributed by atoms with Gasteiger partial charge in [-0.05, 0) is 53.8 Å². The Kier molecular flexibility index (Phi) is 7.00. The number of ketones is 2. The first kappa shape index (κ1) is 28.0. The molecule has 5 nitrogen and oxygen atoms in total. The molecule has 1 spiro atoms. The molecule has 3 heterocycles. The summed E-state index contributed by atoms with van der Waals surface area (Å²) in [4.78, 5) is 45.9. The van der Waals surface area contributed by atoms with Crippen LogP contribution in [0.2, 0.25) is 0 Å². The van der Waals surface area contributed by atoms with Gasteiger partial charge >= 0.3 is 0 Å². The third kappa shape index (κ3) is 4.15. The number of nitrogens with one attached hydrogen (secondary N) is 1. The van der Waals surface area contributed by atoms with Gasteiger partial charge in [0.25, 0.3) is 0 Å². The summed E-state index contributed by atoms with van der Waals surface area (Å²) in [5.41, 5.74) is 2.91. The minimum atomic E-state index is -1.43. The molecule has 0 bridgehead atoms. The summed E-state index contributed by atoms with van der Waals surface area (Å²) in [7, 11) is 0. The van der Waals surface area contributed by atoms with Crippen LogP contribution in [0.1, 0.15) is 63.6 Å². The minimum Gasteiger partial charge on any atom is -0.352 e. The lowest BCUT2D eigenvalue weighted by atomic mass is 9.64. The number of unbranched alkanes of at least 4 members (excludes halogenated alkanes) is 2. The highest BCUT2D eigenvalue weighted by atomic mass is 19.1. The van der Waals surface area contributed by atoms with Crippen LogP contribution in [-0.4, -0.2) is 29.6 Å². The molecule has 0 aromatic heterocycles. The number of aryl methyl sites for hydroxylation is 1. The number of amides is 1. The summed E-state index contributed by atoms with van der Waals surface area (Å²) in [5, 5.41) is 3.03. The van der Waals surface area contributed by atoms with E-state index in [-0.39, 0.29) is 17.3 Å². The van der Waals surface area contributed by atoms with Gasteiger partial charge in [0.15, 0.2) is 11.6 Å². The normalized spacial score (nSPS) is 22.8. The first-order chi connectivity index (χ1) is 21.5. The van der Waals surface area contributed by atoms with Crippen molar-refractivity contribution in [1.82, 2.24) is 0 Å². The average molecular weight is 585 g/mol. The topological polar surface area (TPSA) is 66.5 Å². The smallest absolute Gasteiger partial charge is 0.238 e. The zero-order valence-electron chi connectivity index (χ0n) is 24.5. The zero-order valence-corrected chi connectivity index (χ0v) is 24.5. The highest BCUT2D eigenvalue weighted by Crippen LogP contribution is 2.58. The lowest BCUT2D eigenvalue weighted by molar-refractivity contribution is -0.121. The summed E-state index contributed by atoms with van der Waals surface area (Å²) in [6.07, 6.45) is 8.11. The number of anilines is 2. The number of para-hydroxylation sites is 2. The molecule has 1 saturated heterocycles. The van der Waals surface area contributed by atoms with E-state index >= 15 is 4.39 Å². The Morgan fingerprint density at radius 2 is 1.59 bits per heavy atom. The molecule has 0 aliphatic carbocycles. The third-order valence-corrected chi connectivity index (χ3v) is 9.54. The van der Waals surface area contributed by atoms with E-state index in [0.717, 1.165) is 42.5 Å². The van der Waals surface area contributed by atoms with Crippen molar-refractivity contribution in [2.75, 3.05) is 10.2 Å². The molecule has 44 heavy (non-hydrogen) atoms. The van der Waals surface area contributed by atoms with Gasteiger partial charge in [0, 0.05) is 16.9 Å². The fourth-order valence-corrected chi connectivity index (χ4v) is 7.53. The van der Waals surface area contributed by atoms with Crippen LogP contribution >= 0.6 is 0 Å². The van der Waals surface area contributed by atoms with Gasteiger partial charge in [0.1, 0.15) is 17.3 Å². The monoisotopic (exact) mass is 584 g/mol. The number of benzene rings is 4. The van der Waals surface area contributed by atoms with E-state index in [1.165, 1.54) is 18.2 Å². The maximum atomic E-state index is 15.3. The summed E-state index contributed by atoms with van der Waals surface area (Å²) >= 11 is 0. The minimum absolute atomic E-state index is 0.101. The summed E-state index contributed by atoms with van der Waals surface area (Å²) < 4.78 is 15.3. The first-order valence-corrected chi connectivity index (χ1v) is 15.3. The van der Waals surface area contributed by atoms with Crippen molar-refractivity contribution in [3.8, 4) is 0 Å². The molecule has 4 aromatic rings. The molecule has 3 aliphatic heterocycles. The fourth-order valence-electron chi connectivity index (χ4n) is 7.53. The molecule has 3 aliphatic rings. The molecule has 0 radical (unpaired) electrons. The Morgan fingerprint density at radius 3 is 2.39 bits per heavy atom. The van der Waals surface area contributed by atoms with Crippen LogP contribution in [0.25, 0.3) is 6.08 Å². The SMILES string of the molecule is CCCCCc1ccc(C(=O)[C@H]2[C@H](C(=O)c3ccccc3F)N3c4ccccc4C=C[C@@H]3[C@]23C(=O)Nc2ccccc23)cc1. The second kappa shape index (κ2) is 11.0. The predicted octanol–water partition coefficient (Wildman–Crippen LogP) is 7.41. The Hall–Kier alpha value is -4.84. The van der Waals surface area contributed by atoms with Crippen LogP contribution in [0, 0.1) is 11.7 Å². The average Bonchev–Trinajstić information content (AvgIpc) is 3.53. The molecule has 1 N–H and O–H groups in total. The van der Waals surface area contributed by atoms with Crippen LogP contribution < -0.4 is 10.2 Å². The molecule has 0 unspecified atom stereocenters. The standard InChI is InChI=1S/C38H33FN2O3/c1-2-3-4-11-24-18-20-26(21-19-24)35(42)33-34(36(43)27-13-6-8-15-29(27)39)41-31-17-10-5-12-25(31)22-23-32(41)38(33)28-14-7-9-16-30(28)40-37(38)44/h5-10,12-23,32-34H,2-4,11H2,1H3,(H,40,44)/t32-,33-,34-,38+/m1/s1. The van der Waals surface area contributed by atoms with Gasteiger partial charge in [0.2, 0.25) is 5.91 Å². The van der Waals surface area contributed by atoms with E-state index in [0.29, 0.717) is 16.8 Å². The number of rotatable bonds is 8. The molecule has 1 amide bonds. The van der Waals surface area contributed by atoms with E-state index < -0.39 is 35.0 Å². The highest BCUT2D eigenvalue weighted by molar-refractivity contribution is 6.18. The molecule has 4 atom stereocenters. The number of nitrogens with zero attached hydrogens (tertiary/aromatic N) is 1. The first-order valence-electron chi connectivity index (χ1n) is 15.3. The van der Waals surface area contributed by atoms with Crippen LogP contribution in [-0.2, 0) is 16.6 Å². The Morgan fingerprint density at radius 1 is 0.864 bits per heavy atom. The molecule has 220 valence electrons. The predicted molar refractivity (Wildman–Crippen MR) is 171 cm³/mol. The van der Waals surface area contributed by atoms with Crippen LogP contribution in [0.15, 0.2) is 103 Å². The maximum Gasteiger partial charge on any atom is 0.238 e. The molecular weight excluding hydrogens is 551 g/mol. The summed E-state index contributed by atoms with van der Waals surface area (Å²) in [6.45, 7) is 2.16. The van der Waals surface area contributed by atoms with Crippen molar-refractivity contribution in [1.29, 1.82) is 0 Å². The number of hydrogen-bond acceptors (Lipinski definition) is 4. The summed E-state index contributed by atoms with van der Waals surface area (Å²) in [5.74, 6) is -2.97. The lowest BCUT2D eigenvalue weighted by Gasteiger charge is -2.37. The number of Topliss-reactive ketones (excluding diaryl/α,β-unsaturated/α-hetero) is 2. The zero-order chi connectivity index (χ0) is 30.4. The second-order valence-corrected chi connectivity index (χ2v) is 11.9. The Bertz CT molecular complexity index is 1810. The number of hydrogen-bond donors (Lipinski definition) is 1. The molecule has 6 heteroatoms. The van der Waals surface area contributed by atoms with Crippen molar-refractivity contribution < 1.29 is 18.8 Å². The highest BCUT2D eigenvalue weighted by Gasteiger charge is 2.70. The number of carbonyl (C=O) groups is 3. The molecule has 7 rings (SSSR count). The van der Waals surface area contributed by atoms with Crippen molar-refractivity contribution >= 4 is 34.9 Å². The quantitative estimate of drug-likeness (QED) is 0.173. The van der Waals surface area contributed by atoms with Gasteiger partial charge in [-0.1, -0.05) is 105 Å². The molecule has 4 aromatic carbocycles. The van der Waals surface area contributed by atoms with Gasteiger partial charge in [-0.15, -0.1) is 0 Å². The maximum absolute atomic E-state index is 15.3. The fraction of sp³-hybridized carbons (Fsp3) is 0.237. The Labute approximate surface area is 256 Å². The largest absolute Gasteiger partial charge is 0.352 e. The van der Waals surface area contributed by atoms with Gasteiger partial charge < -0.3 is 10.2 Å². The van der Waals surface area contributed by atoms with Crippen LogP contribution in [0.3, 0.4) is 0 Å². The van der Waals surface area contributed by atoms with Crippen molar-refractivity contribution in [3.05, 3.63) is 137 Å². The molecular formula is C38H33FN2O3. The van der Waals surface area contributed by atoms with Crippen molar-refractivity contribution in [2.24, 2.45) is 5.92 Å². The van der Waals surface area contributed by atoms with Gasteiger partial charge in [-0.25, -0.2) is 4.39 Å². The van der Waals surface area contributed by atoms with Crippen molar-refractivity contribution in [2.45, 2.75) is 50.1 Å². The van der Waals surface area contributed by atoms with E-state index in [9.17, 15) is 14.4 Å².